The molecule has 0 aliphatic rings. The molecule has 0 fully saturated rings. The third kappa shape index (κ3) is 0.962. The van der Waals surface area contributed by atoms with E-state index in [2.05, 4.69) is 0 Å². The van der Waals surface area contributed by atoms with Crippen molar-refractivity contribution in [2.24, 2.45) is 0 Å². The number of halogens is 2. The standard InChI is InChI=1S/C4HF2S/c5-3-1-4(6)7-2-3/h2H. The van der Waals surface area contributed by atoms with Crippen LogP contribution in [0, 0.1) is 17.0 Å². The summed E-state index contributed by atoms with van der Waals surface area (Å²) >= 11 is 0.707. The second-order valence-corrected chi connectivity index (χ2v) is 1.81. The van der Waals surface area contributed by atoms with E-state index in [9.17, 15) is 8.78 Å². The van der Waals surface area contributed by atoms with E-state index < -0.39 is 10.9 Å². The third-order valence-electron chi connectivity index (χ3n) is 0.484. The molecule has 7 heavy (non-hydrogen) atoms. The molecule has 0 unspecified atom stereocenters. The molecule has 3 heteroatoms. The Morgan fingerprint density at radius 2 is 2.29 bits per heavy atom. The predicted molar refractivity (Wildman–Crippen MR) is 23.1 cm³/mol. The van der Waals surface area contributed by atoms with Crippen molar-refractivity contribution in [3.8, 4) is 0 Å². The van der Waals surface area contributed by atoms with Gasteiger partial charge in [-0.2, -0.15) is 4.39 Å². The Kier molecular flexibility index (Phi) is 1.06. The van der Waals surface area contributed by atoms with E-state index in [-0.39, 0.29) is 0 Å². The maximum Gasteiger partial charge on any atom is 0.187 e. The van der Waals surface area contributed by atoms with Crippen LogP contribution in [0.25, 0.3) is 0 Å². The highest BCUT2D eigenvalue weighted by Crippen LogP contribution is 2.08. The van der Waals surface area contributed by atoms with Crippen LogP contribution in [0.2, 0.25) is 0 Å². The molecule has 0 saturated heterocycles. The average Bonchev–Trinajstić information content (AvgIpc) is 1.87. The quantitative estimate of drug-likeness (QED) is 0.488. The van der Waals surface area contributed by atoms with Crippen molar-refractivity contribution in [2.75, 3.05) is 0 Å². The number of rotatable bonds is 0. The first-order valence-electron chi connectivity index (χ1n) is 1.61. The fraction of sp³-hybridized carbons (Fsp3) is 0. The minimum atomic E-state index is -0.623. The first-order valence-corrected chi connectivity index (χ1v) is 2.49. The predicted octanol–water partition coefficient (Wildman–Crippen LogP) is 1.83. The van der Waals surface area contributed by atoms with Gasteiger partial charge in [0.1, 0.15) is 5.82 Å². The van der Waals surface area contributed by atoms with Gasteiger partial charge in [0.25, 0.3) is 0 Å². The first-order chi connectivity index (χ1) is 3.29. The molecule has 0 saturated carbocycles. The van der Waals surface area contributed by atoms with Gasteiger partial charge in [-0.3, -0.25) is 0 Å². The second kappa shape index (κ2) is 1.58. The molecule has 0 amide bonds. The summed E-state index contributed by atoms with van der Waals surface area (Å²) in [6.45, 7) is 0. The van der Waals surface area contributed by atoms with E-state index in [1.54, 1.807) is 0 Å². The van der Waals surface area contributed by atoms with Crippen LogP contribution in [-0.2, 0) is 0 Å². The topological polar surface area (TPSA) is 0 Å². The van der Waals surface area contributed by atoms with Gasteiger partial charge in [0, 0.05) is 5.38 Å². The van der Waals surface area contributed by atoms with Crippen molar-refractivity contribution >= 4 is 11.3 Å². The van der Waals surface area contributed by atoms with Crippen LogP contribution in [0.5, 0.6) is 0 Å². The van der Waals surface area contributed by atoms with Crippen molar-refractivity contribution in [1.29, 1.82) is 0 Å². The summed E-state index contributed by atoms with van der Waals surface area (Å²) in [5.41, 5.74) is 0. The maximum absolute atomic E-state index is 11.7. The molecule has 0 bridgehead atoms. The van der Waals surface area contributed by atoms with Crippen LogP contribution < -0.4 is 0 Å². The minimum absolute atomic E-state index is 0.600. The van der Waals surface area contributed by atoms with Gasteiger partial charge in [0.15, 0.2) is 5.13 Å². The molecular weight excluding hydrogens is 118 g/mol. The number of hydrogen-bond acceptors (Lipinski definition) is 1. The molecule has 0 aliphatic carbocycles. The monoisotopic (exact) mass is 119 g/mol. The van der Waals surface area contributed by atoms with Gasteiger partial charge in [-0.05, 0) is 0 Å². The van der Waals surface area contributed by atoms with Crippen molar-refractivity contribution in [3.63, 3.8) is 0 Å². The van der Waals surface area contributed by atoms with E-state index in [1.807, 2.05) is 6.07 Å². The van der Waals surface area contributed by atoms with Crippen LogP contribution in [0.1, 0.15) is 0 Å². The highest BCUT2D eigenvalue weighted by atomic mass is 32.1. The van der Waals surface area contributed by atoms with Gasteiger partial charge in [-0.15, -0.1) is 11.3 Å². The molecule has 0 aliphatic heterocycles. The second-order valence-electron chi connectivity index (χ2n) is 0.982. The lowest BCUT2D eigenvalue weighted by Crippen LogP contribution is -1.56. The highest BCUT2D eigenvalue weighted by Gasteiger charge is 1.93. The summed E-state index contributed by atoms with van der Waals surface area (Å²) in [6.07, 6.45) is 0. The van der Waals surface area contributed by atoms with E-state index in [0.29, 0.717) is 11.3 Å². The normalized spacial score (nSPS) is 9.43. The van der Waals surface area contributed by atoms with Gasteiger partial charge < -0.3 is 0 Å². The molecule has 1 radical (unpaired) electrons. The Hall–Kier alpha value is -0.440. The summed E-state index contributed by atoms with van der Waals surface area (Å²) in [6, 6.07) is 1.82. The van der Waals surface area contributed by atoms with Crippen molar-refractivity contribution < 1.29 is 8.78 Å². The largest absolute Gasteiger partial charge is 0.205 e. The fourth-order valence-corrected chi connectivity index (χ4v) is 0.679. The smallest absolute Gasteiger partial charge is 0.187 e. The molecule has 0 aromatic carbocycles. The SMILES string of the molecule is Fc1[c]c(F)sc1. The van der Waals surface area contributed by atoms with E-state index in [4.69, 9.17) is 0 Å². The van der Waals surface area contributed by atoms with Crippen molar-refractivity contribution in [2.45, 2.75) is 0 Å². The zero-order chi connectivity index (χ0) is 5.28. The van der Waals surface area contributed by atoms with Crippen LogP contribution in [0.3, 0.4) is 0 Å². The van der Waals surface area contributed by atoms with Crippen LogP contribution >= 0.6 is 11.3 Å². The third-order valence-corrected chi connectivity index (χ3v) is 1.12. The Balaban J connectivity index is 3.04. The Bertz CT molecular complexity index is 142. The summed E-state index contributed by atoms with van der Waals surface area (Å²) in [5.74, 6) is -0.623. The van der Waals surface area contributed by atoms with Gasteiger partial charge >= 0.3 is 0 Å². The Morgan fingerprint density at radius 1 is 1.57 bits per heavy atom. The number of hydrogen-bond donors (Lipinski definition) is 0. The zero-order valence-corrected chi connectivity index (χ0v) is 4.06. The lowest BCUT2D eigenvalue weighted by molar-refractivity contribution is 0.606. The summed E-state index contributed by atoms with van der Waals surface area (Å²) in [5, 5.41) is 0.465. The van der Waals surface area contributed by atoms with E-state index in [0.717, 1.165) is 5.38 Å². The average molecular weight is 119 g/mol. The van der Waals surface area contributed by atoms with Gasteiger partial charge in [0.2, 0.25) is 0 Å². The zero-order valence-electron chi connectivity index (χ0n) is 3.24. The molecule has 0 atom stereocenters. The first kappa shape index (κ1) is 4.71. The van der Waals surface area contributed by atoms with Crippen LogP contribution in [-0.4, -0.2) is 0 Å². The molecule has 0 nitrogen and oxygen atoms in total. The summed E-state index contributed by atoms with van der Waals surface area (Å²) < 4.78 is 23.3. The number of thiophene rings is 1. The van der Waals surface area contributed by atoms with Crippen molar-refractivity contribution in [3.05, 3.63) is 22.4 Å². The van der Waals surface area contributed by atoms with Crippen LogP contribution in [0.15, 0.2) is 5.38 Å². The van der Waals surface area contributed by atoms with E-state index >= 15 is 0 Å². The minimum Gasteiger partial charge on any atom is -0.205 e. The molecular formula is C4HF2S. The molecule has 0 spiro atoms. The summed E-state index contributed by atoms with van der Waals surface area (Å²) in [7, 11) is 0. The molecule has 1 rings (SSSR count). The fourth-order valence-electron chi connectivity index (χ4n) is 0.256. The van der Waals surface area contributed by atoms with Crippen molar-refractivity contribution in [1.82, 2.24) is 0 Å². The lowest BCUT2D eigenvalue weighted by Gasteiger charge is -1.61. The lowest BCUT2D eigenvalue weighted by atomic mass is 10.6. The molecule has 1 aromatic rings. The summed E-state index contributed by atoms with van der Waals surface area (Å²) in [4.78, 5) is 0. The van der Waals surface area contributed by atoms with Gasteiger partial charge in [-0.25, -0.2) is 4.39 Å². The molecule has 37 valence electrons. The molecule has 1 heterocycles. The van der Waals surface area contributed by atoms with Gasteiger partial charge in [-0.1, -0.05) is 0 Å². The Labute approximate surface area is 43.4 Å². The van der Waals surface area contributed by atoms with Gasteiger partial charge in [0.05, 0.1) is 6.07 Å². The molecule has 0 N–H and O–H groups in total. The maximum atomic E-state index is 11.7. The molecule has 1 aromatic heterocycles. The Morgan fingerprint density at radius 3 is 2.43 bits per heavy atom. The highest BCUT2D eigenvalue weighted by molar-refractivity contribution is 7.08. The van der Waals surface area contributed by atoms with E-state index in [1.165, 1.54) is 0 Å². The van der Waals surface area contributed by atoms with Crippen LogP contribution in [0.4, 0.5) is 8.78 Å².